The summed E-state index contributed by atoms with van der Waals surface area (Å²) >= 11 is 0. The Morgan fingerprint density at radius 1 is 1.36 bits per heavy atom. The third-order valence-electron chi connectivity index (χ3n) is 4.26. The normalized spacial score (nSPS) is 32.5. The van der Waals surface area contributed by atoms with Gasteiger partial charge in [0.15, 0.2) is 11.9 Å². The molecule has 120 valence electrons. The zero-order chi connectivity index (χ0) is 15.9. The third kappa shape index (κ3) is 2.26. The first-order valence-electron chi connectivity index (χ1n) is 7.16. The van der Waals surface area contributed by atoms with Crippen LogP contribution in [0.2, 0.25) is 0 Å². The lowest BCUT2D eigenvalue weighted by Crippen LogP contribution is -2.53. The lowest BCUT2D eigenvalue weighted by Gasteiger charge is -2.41. The van der Waals surface area contributed by atoms with E-state index in [0.717, 1.165) is 4.74 Å². The molecule has 1 saturated heterocycles. The summed E-state index contributed by atoms with van der Waals surface area (Å²) in [5.74, 6) is -0.374. The van der Waals surface area contributed by atoms with Gasteiger partial charge in [-0.1, -0.05) is 19.1 Å². The Kier molecular flexibility index (Phi) is 4.05. The van der Waals surface area contributed by atoms with Gasteiger partial charge in [0.2, 0.25) is 0 Å². The number of hydrogen-bond acceptors (Lipinski definition) is 6. The van der Waals surface area contributed by atoms with Gasteiger partial charge in [-0.25, -0.2) is 0 Å². The van der Waals surface area contributed by atoms with Crippen LogP contribution in [-0.4, -0.2) is 47.2 Å². The molecule has 3 rings (SSSR count). The van der Waals surface area contributed by atoms with Crippen molar-refractivity contribution in [2.24, 2.45) is 5.92 Å². The minimum Gasteiger partial charge on any atom is -0.394 e. The van der Waals surface area contributed by atoms with Crippen molar-refractivity contribution in [2.75, 3.05) is 13.7 Å². The average molecular weight is 309 g/mol. The highest BCUT2D eigenvalue weighted by molar-refractivity contribution is 5.75. The smallest absolute Gasteiger partial charge is 0.290 e. The maximum absolute atomic E-state index is 12.5. The summed E-state index contributed by atoms with van der Waals surface area (Å²) in [7, 11) is 1.42. The van der Waals surface area contributed by atoms with Crippen molar-refractivity contribution in [1.29, 1.82) is 0 Å². The maximum Gasteiger partial charge on any atom is 0.290 e. The van der Waals surface area contributed by atoms with Crippen molar-refractivity contribution in [2.45, 2.75) is 31.5 Å². The standard InChI is InChI=1S/C15H19NO6/c1-8-11(7-17)21-15(20-2)12(13(8)18)16-14(19)9-5-3-4-6-10(9)22-16/h3-6,8,11-13,15,17-18H,7H2,1-2H3/t8-,11?,12?,13?,15-/m1/s1. The van der Waals surface area contributed by atoms with E-state index in [1.54, 1.807) is 31.2 Å². The molecule has 22 heavy (non-hydrogen) atoms. The van der Waals surface area contributed by atoms with Crippen LogP contribution in [0.15, 0.2) is 33.6 Å². The third-order valence-corrected chi connectivity index (χ3v) is 4.26. The topological polar surface area (TPSA) is 94.1 Å². The molecule has 7 heteroatoms. The fourth-order valence-electron chi connectivity index (χ4n) is 2.91. The molecule has 1 aromatic heterocycles. The molecule has 0 spiro atoms. The number of fused-ring (bicyclic) bond motifs is 1. The zero-order valence-electron chi connectivity index (χ0n) is 12.4. The predicted octanol–water partition coefficient (Wildman–Crippen LogP) is 0.496. The lowest BCUT2D eigenvalue weighted by atomic mass is 9.89. The number of methoxy groups -OCH3 is 1. The molecule has 1 aliphatic heterocycles. The Balaban J connectivity index is 2.07. The Bertz CT molecular complexity index is 705. The fraction of sp³-hybridized carbons (Fsp3) is 0.533. The number of aromatic nitrogens is 1. The summed E-state index contributed by atoms with van der Waals surface area (Å²) in [6, 6.07) is 6.04. The monoisotopic (exact) mass is 309 g/mol. The van der Waals surface area contributed by atoms with Crippen molar-refractivity contribution >= 4 is 11.0 Å². The minimum absolute atomic E-state index is 0.236. The second-order valence-electron chi connectivity index (χ2n) is 5.52. The highest BCUT2D eigenvalue weighted by Crippen LogP contribution is 2.34. The highest BCUT2D eigenvalue weighted by atomic mass is 16.7. The molecule has 1 aliphatic rings. The van der Waals surface area contributed by atoms with E-state index in [1.807, 2.05) is 0 Å². The van der Waals surface area contributed by atoms with Crippen LogP contribution in [-0.2, 0) is 9.47 Å². The Hall–Kier alpha value is -1.67. The van der Waals surface area contributed by atoms with E-state index in [9.17, 15) is 15.0 Å². The summed E-state index contributed by atoms with van der Waals surface area (Å²) in [4.78, 5) is 12.5. The van der Waals surface area contributed by atoms with Gasteiger partial charge < -0.3 is 24.2 Å². The van der Waals surface area contributed by atoms with Gasteiger partial charge in [0.05, 0.1) is 24.2 Å². The van der Waals surface area contributed by atoms with Crippen LogP contribution in [0.1, 0.15) is 13.0 Å². The molecule has 2 N–H and O–H groups in total. The van der Waals surface area contributed by atoms with Gasteiger partial charge in [-0.3, -0.25) is 4.79 Å². The van der Waals surface area contributed by atoms with Gasteiger partial charge in [-0.15, -0.1) is 0 Å². The van der Waals surface area contributed by atoms with E-state index in [0.29, 0.717) is 11.0 Å². The van der Waals surface area contributed by atoms with Crippen LogP contribution < -0.4 is 5.56 Å². The molecule has 3 unspecified atom stereocenters. The number of para-hydroxylation sites is 1. The highest BCUT2D eigenvalue weighted by Gasteiger charge is 2.46. The molecule has 0 amide bonds. The Morgan fingerprint density at radius 2 is 2.09 bits per heavy atom. The van der Waals surface area contributed by atoms with E-state index >= 15 is 0 Å². The van der Waals surface area contributed by atoms with Crippen molar-refractivity contribution < 1.29 is 24.2 Å². The van der Waals surface area contributed by atoms with Crippen molar-refractivity contribution in [3.8, 4) is 0 Å². The first-order chi connectivity index (χ1) is 10.6. The number of aliphatic hydroxyl groups excluding tert-OH is 2. The number of rotatable bonds is 3. The fourth-order valence-corrected chi connectivity index (χ4v) is 2.91. The van der Waals surface area contributed by atoms with E-state index in [2.05, 4.69) is 0 Å². The van der Waals surface area contributed by atoms with Gasteiger partial charge in [0.25, 0.3) is 5.56 Å². The van der Waals surface area contributed by atoms with E-state index < -0.39 is 24.5 Å². The number of aliphatic hydroxyl groups is 2. The van der Waals surface area contributed by atoms with Crippen molar-refractivity contribution in [3.05, 3.63) is 34.6 Å². The number of hydrogen-bond donors (Lipinski definition) is 2. The second kappa shape index (κ2) is 5.85. The van der Waals surface area contributed by atoms with Crippen LogP contribution >= 0.6 is 0 Å². The summed E-state index contributed by atoms with van der Waals surface area (Å²) in [6.07, 6.45) is -2.40. The second-order valence-corrected chi connectivity index (χ2v) is 5.52. The largest absolute Gasteiger partial charge is 0.394 e. The van der Waals surface area contributed by atoms with Crippen LogP contribution in [0, 0.1) is 5.92 Å². The molecule has 0 saturated carbocycles. The van der Waals surface area contributed by atoms with Crippen molar-refractivity contribution in [3.63, 3.8) is 0 Å². The van der Waals surface area contributed by atoms with E-state index in [-0.39, 0.29) is 18.1 Å². The van der Waals surface area contributed by atoms with Crippen LogP contribution in [0.25, 0.3) is 11.0 Å². The van der Waals surface area contributed by atoms with Crippen LogP contribution in [0.4, 0.5) is 0 Å². The molecule has 0 aliphatic carbocycles. The molecular formula is C15H19NO6. The summed E-state index contributed by atoms with van der Waals surface area (Å²) in [5.41, 5.74) is 0.0893. The predicted molar refractivity (Wildman–Crippen MR) is 77.4 cm³/mol. The number of benzene rings is 1. The molecule has 0 radical (unpaired) electrons. The summed E-state index contributed by atoms with van der Waals surface area (Å²) in [5, 5.41) is 20.3. The maximum atomic E-state index is 12.5. The SMILES string of the molecule is CO[C@@H]1OC(CO)[C@@H](C)C(O)C1n1oc2ccccc2c1=O. The van der Waals surface area contributed by atoms with Crippen LogP contribution in [0.3, 0.4) is 0 Å². The first kappa shape index (κ1) is 15.2. The average Bonchev–Trinajstić information content (AvgIpc) is 2.87. The molecule has 0 bridgehead atoms. The van der Waals surface area contributed by atoms with E-state index in [4.69, 9.17) is 14.0 Å². The van der Waals surface area contributed by atoms with Gasteiger partial charge in [-0.05, 0) is 12.1 Å². The number of ether oxygens (including phenoxy) is 2. The minimum atomic E-state index is -0.950. The van der Waals surface area contributed by atoms with Crippen molar-refractivity contribution in [1.82, 2.24) is 4.74 Å². The molecule has 1 aromatic carbocycles. The Morgan fingerprint density at radius 3 is 2.73 bits per heavy atom. The van der Waals surface area contributed by atoms with Gasteiger partial charge >= 0.3 is 0 Å². The quantitative estimate of drug-likeness (QED) is 0.857. The molecule has 2 heterocycles. The van der Waals surface area contributed by atoms with E-state index in [1.165, 1.54) is 7.11 Å². The van der Waals surface area contributed by atoms with Gasteiger partial charge in [-0.2, -0.15) is 4.74 Å². The molecular weight excluding hydrogens is 290 g/mol. The molecule has 2 aromatic rings. The lowest BCUT2D eigenvalue weighted by molar-refractivity contribution is -0.264. The van der Waals surface area contributed by atoms with Gasteiger partial charge in [0, 0.05) is 13.0 Å². The van der Waals surface area contributed by atoms with Gasteiger partial charge in [0.1, 0.15) is 6.04 Å². The Labute approximate surface area is 126 Å². The first-order valence-corrected chi connectivity index (χ1v) is 7.16. The van der Waals surface area contributed by atoms with Crippen LogP contribution in [0.5, 0.6) is 0 Å². The summed E-state index contributed by atoms with van der Waals surface area (Å²) < 4.78 is 17.6. The summed E-state index contributed by atoms with van der Waals surface area (Å²) in [6.45, 7) is 1.51. The zero-order valence-corrected chi connectivity index (χ0v) is 12.4. The molecule has 1 fully saturated rings. The molecule has 7 nitrogen and oxygen atoms in total. The number of nitrogens with zero attached hydrogens (tertiary/aromatic N) is 1. The molecule has 5 atom stereocenters.